The van der Waals surface area contributed by atoms with E-state index in [4.69, 9.17) is 11.6 Å². The molecule has 0 aliphatic rings. The molecule has 1 atom stereocenters. The van der Waals surface area contributed by atoms with Gasteiger partial charge < -0.3 is 5.32 Å². The number of aryl methyl sites for hydroxylation is 1. The molecule has 0 amide bonds. The van der Waals surface area contributed by atoms with Gasteiger partial charge in [0.1, 0.15) is 0 Å². The molecule has 1 N–H and O–H groups in total. The van der Waals surface area contributed by atoms with Gasteiger partial charge >= 0.3 is 0 Å². The predicted octanol–water partition coefficient (Wildman–Crippen LogP) is 3.79. The SMILES string of the molecule is C/C(=C\Cl)CNC(C)c1ccc(C)cc1. The summed E-state index contributed by atoms with van der Waals surface area (Å²) in [5, 5.41) is 3.42. The van der Waals surface area contributed by atoms with Crippen LogP contribution in [0.5, 0.6) is 0 Å². The third-order valence-corrected chi connectivity index (χ3v) is 2.82. The molecule has 15 heavy (non-hydrogen) atoms. The van der Waals surface area contributed by atoms with E-state index in [0.717, 1.165) is 12.1 Å². The second-order valence-electron chi connectivity index (χ2n) is 3.97. The molecule has 0 radical (unpaired) electrons. The number of halogens is 1. The fraction of sp³-hybridized carbons (Fsp3) is 0.385. The Kier molecular flexibility index (Phi) is 4.86. The molecule has 2 heteroatoms. The molecule has 0 spiro atoms. The Morgan fingerprint density at radius 1 is 1.40 bits per heavy atom. The van der Waals surface area contributed by atoms with E-state index in [0.29, 0.717) is 6.04 Å². The molecule has 1 rings (SSSR count). The Hall–Kier alpha value is -0.790. The quantitative estimate of drug-likeness (QED) is 0.819. The number of hydrogen-bond donors (Lipinski definition) is 1. The Morgan fingerprint density at radius 3 is 2.53 bits per heavy atom. The summed E-state index contributed by atoms with van der Waals surface area (Å²) in [7, 11) is 0. The first-order valence-electron chi connectivity index (χ1n) is 5.19. The highest BCUT2D eigenvalue weighted by molar-refractivity contribution is 6.25. The minimum absolute atomic E-state index is 0.358. The molecule has 1 aromatic carbocycles. The van der Waals surface area contributed by atoms with Crippen molar-refractivity contribution in [3.63, 3.8) is 0 Å². The molecule has 0 heterocycles. The third-order valence-electron chi connectivity index (χ3n) is 2.45. The smallest absolute Gasteiger partial charge is 0.0294 e. The molecule has 1 unspecified atom stereocenters. The van der Waals surface area contributed by atoms with Crippen molar-refractivity contribution in [1.82, 2.24) is 5.32 Å². The summed E-state index contributed by atoms with van der Waals surface area (Å²) in [6.45, 7) is 7.11. The van der Waals surface area contributed by atoms with Gasteiger partial charge in [0.15, 0.2) is 0 Å². The average molecular weight is 224 g/mol. The molecule has 0 aliphatic carbocycles. The summed E-state index contributed by atoms with van der Waals surface area (Å²) < 4.78 is 0. The van der Waals surface area contributed by atoms with Crippen LogP contribution in [0.4, 0.5) is 0 Å². The maximum atomic E-state index is 5.60. The minimum atomic E-state index is 0.358. The van der Waals surface area contributed by atoms with E-state index in [9.17, 15) is 0 Å². The number of benzene rings is 1. The molecule has 0 saturated heterocycles. The fourth-order valence-corrected chi connectivity index (χ4v) is 1.40. The van der Waals surface area contributed by atoms with Crippen LogP contribution in [0.1, 0.15) is 31.0 Å². The summed E-state index contributed by atoms with van der Waals surface area (Å²) >= 11 is 5.60. The summed E-state index contributed by atoms with van der Waals surface area (Å²) in [6, 6.07) is 8.95. The lowest BCUT2D eigenvalue weighted by Crippen LogP contribution is -2.20. The van der Waals surface area contributed by atoms with Crippen molar-refractivity contribution in [2.75, 3.05) is 6.54 Å². The van der Waals surface area contributed by atoms with Crippen LogP contribution >= 0.6 is 11.6 Å². The van der Waals surface area contributed by atoms with Gasteiger partial charge in [-0.05, 0) is 31.9 Å². The first-order chi connectivity index (χ1) is 7.13. The van der Waals surface area contributed by atoms with Crippen molar-refractivity contribution in [3.05, 3.63) is 46.5 Å². The van der Waals surface area contributed by atoms with Crippen molar-refractivity contribution in [2.24, 2.45) is 0 Å². The minimum Gasteiger partial charge on any atom is -0.306 e. The average Bonchev–Trinajstić information content (AvgIpc) is 2.26. The van der Waals surface area contributed by atoms with E-state index in [1.807, 2.05) is 6.92 Å². The van der Waals surface area contributed by atoms with Gasteiger partial charge in [-0.25, -0.2) is 0 Å². The molecule has 0 aliphatic heterocycles. The normalized spacial score (nSPS) is 14.0. The van der Waals surface area contributed by atoms with Gasteiger partial charge in [0.05, 0.1) is 0 Å². The molecule has 1 aromatic rings. The summed E-state index contributed by atoms with van der Waals surface area (Å²) in [6.07, 6.45) is 0. The van der Waals surface area contributed by atoms with Crippen molar-refractivity contribution in [2.45, 2.75) is 26.8 Å². The number of rotatable bonds is 4. The molecule has 0 saturated carbocycles. The first-order valence-corrected chi connectivity index (χ1v) is 5.63. The van der Waals surface area contributed by atoms with E-state index in [1.54, 1.807) is 5.54 Å². The zero-order chi connectivity index (χ0) is 11.3. The Labute approximate surface area is 97.1 Å². The van der Waals surface area contributed by atoms with Crippen LogP contribution in [0.3, 0.4) is 0 Å². The lowest BCUT2D eigenvalue weighted by atomic mass is 10.1. The van der Waals surface area contributed by atoms with Crippen LogP contribution in [0.25, 0.3) is 0 Å². The highest BCUT2D eigenvalue weighted by atomic mass is 35.5. The predicted molar refractivity (Wildman–Crippen MR) is 67.2 cm³/mol. The Bertz CT molecular complexity index is 327. The third kappa shape index (κ3) is 4.06. The van der Waals surface area contributed by atoms with E-state index in [-0.39, 0.29) is 0 Å². The van der Waals surface area contributed by atoms with Gasteiger partial charge in [-0.15, -0.1) is 0 Å². The standard InChI is InChI=1S/C13H18ClN/c1-10-4-6-13(7-5-10)12(3)15-9-11(2)8-14/h4-8,12,15H,9H2,1-3H3/b11-8+. The van der Waals surface area contributed by atoms with Gasteiger partial charge in [-0.2, -0.15) is 0 Å². The highest BCUT2D eigenvalue weighted by Gasteiger charge is 2.03. The van der Waals surface area contributed by atoms with Gasteiger partial charge in [0.25, 0.3) is 0 Å². The van der Waals surface area contributed by atoms with Gasteiger partial charge in [0, 0.05) is 18.1 Å². The molecule has 0 bridgehead atoms. The second-order valence-corrected chi connectivity index (χ2v) is 4.19. The summed E-state index contributed by atoms with van der Waals surface area (Å²) in [5.74, 6) is 0. The maximum Gasteiger partial charge on any atom is 0.0294 e. The van der Waals surface area contributed by atoms with Crippen molar-refractivity contribution >= 4 is 11.6 Å². The van der Waals surface area contributed by atoms with Crippen LogP contribution in [0, 0.1) is 6.92 Å². The number of hydrogen-bond acceptors (Lipinski definition) is 1. The lowest BCUT2D eigenvalue weighted by molar-refractivity contribution is 0.607. The fourth-order valence-electron chi connectivity index (χ4n) is 1.33. The van der Waals surface area contributed by atoms with E-state index < -0.39 is 0 Å². The van der Waals surface area contributed by atoms with Crippen molar-refractivity contribution in [1.29, 1.82) is 0 Å². The molecular weight excluding hydrogens is 206 g/mol. The Balaban J connectivity index is 2.53. The summed E-state index contributed by atoms with van der Waals surface area (Å²) in [4.78, 5) is 0. The zero-order valence-electron chi connectivity index (χ0n) is 9.55. The topological polar surface area (TPSA) is 12.0 Å². The van der Waals surface area contributed by atoms with E-state index in [1.165, 1.54) is 11.1 Å². The van der Waals surface area contributed by atoms with Gasteiger partial charge in [0.2, 0.25) is 0 Å². The van der Waals surface area contributed by atoms with E-state index >= 15 is 0 Å². The lowest BCUT2D eigenvalue weighted by Gasteiger charge is -2.14. The highest BCUT2D eigenvalue weighted by Crippen LogP contribution is 2.13. The summed E-state index contributed by atoms with van der Waals surface area (Å²) in [5.41, 5.74) is 5.37. The molecule has 0 fully saturated rings. The first kappa shape index (κ1) is 12.3. The molecule has 1 nitrogen and oxygen atoms in total. The van der Waals surface area contributed by atoms with Crippen molar-refractivity contribution in [3.8, 4) is 0 Å². The maximum absolute atomic E-state index is 5.60. The Morgan fingerprint density at radius 2 is 2.00 bits per heavy atom. The monoisotopic (exact) mass is 223 g/mol. The largest absolute Gasteiger partial charge is 0.306 e. The molecule has 82 valence electrons. The second kappa shape index (κ2) is 5.94. The molecular formula is C13H18ClN. The van der Waals surface area contributed by atoms with Gasteiger partial charge in [-0.3, -0.25) is 0 Å². The van der Waals surface area contributed by atoms with Crippen LogP contribution < -0.4 is 5.32 Å². The van der Waals surface area contributed by atoms with Crippen molar-refractivity contribution < 1.29 is 0 Å². The van der Waals surface area contributed by atoms with Crippen LogP contribution in [-0.4, -0.2) is 6.54 Å². The van der Waals surface area contributed by atoms with E-state index in [2.05, 4.69) is 43.4 Å². The number of nitrogens with one attached hydrogen (secondary N) is 1. The molecule has 0 aromatic heterocycles. The van der Waals surface area contributed by atoms with Crippen LogP contribution in [0.15, 0.2) is 35.4 Å². The van der Waals surface area contributed by atoms with Gasteiger partial charge in [-0.1, -0.05) is 41.4 Å². The van der Waals surface area contributed by atoms with Crippen LogP contribution in [-0.2, 0) is 0 Å². The van der Waals surface area contributed by atoms with Crippen LogP contribution in [0.2, 0.25) is 0 Å². The zero-order valence-corrected chi connectivity index (χ0v) is 10.3.